The minimum absolute atomic E-state index is 0.00821. The summed E-state index contributed by atoms with van der Waals surface area (Å²) in [4.78, 5) is 22.4. The van der Waals surface area contributed by atoms with Crippen molar-refractivity contribution >= 4 is 5.91 Å². The highest BCUT2D eigenvalue weighted by Gasteiger charge is 2.36. The zero-order valence-electron chi connectivity index (χ0n) is 15.5. The Bertz CT molecular complexity index is 918. The Hall–Kier alpha value is -2.96. The van der Waals surface area contributed by atoms with Crippen molar-refractivity contribution in [3.8, 4) is 11.4 Å². The number of pyridine rings is 1. The molecule has 1 aliphatic rings. The molecule has 0 unspecified atom stereocenters. The van der Waals surface area contributed by atoms with Crippen LogP contribution in [0, 0.1) is 5.92 Å². The number of amides is 1. The van der Waals surface area contributed by atoms with E-state index in [1.54, 1.807) is 24.3 Å². The lowest BCUT2D eigenvalue weighted by Crippen LogP contribution is -2.26. The molecule has 7 nitrogen and oxygen atoms in total. The predicted molar refractivity (Wildman–Crippen MR) is 97.6 cm³/mol. The van der Waals surface area contributed by atoms with E-state index in [1.807, 2.05) is 24.3 Å². The molecule has 3 aromatic rings. The molecule has 3 heterocycles. The summed E-state index contributed by atoms with van der Waals surface area (Å²) in [6, 6.07) is 7.66. The Morgan fingerprint density at radius 3 is 2.93 bits per heavy atom. The average molecular weight is 366 g/mol. The number of aromatic nitrogens is 3. The van der Waals surface area contributed by atoms with Crippen molar-refractivity contribution in [1.82, 2.24) is 20.0 Å². The first kappa shape index (κ1) is 17.5. The van der Waals surface area contributed by atoms with Gasteiger partial charge in [-0.3, -0.25) is 9.78 Å². The van der Waals surface area contributed by atoms with Crippen molar-refractivity contribution in [3.63, 3.8) is 0 Å². The Labute approximate surface area is 157 Å². The molecule has 0 radical (unpaired) electrons. The molecule has 140 valence electrons. The van der Waals surface area contributed by atoms with Gasteiger partial charge in [0.05, 0.1) is 6.54 Å². The molecule has 4 rings (SSSR count). The van der Waals surface area contributed by atoms with Gasteiger partial charge >= 0.3 is 0 Å². The van der Waals surface area contributed by atoms with Gasteiger partial charge in [-0.25, -0.2) is 0 Å². The number of rotatable bonds is 7. The summed E-state index contributed by atoms with van der Waals surface area (Å²) < 4.78 is 11.1. The van der Waals surface area contributed by atoms with Crippen LogP contribution in [-0.4, -0.2) is 33.0 Å². The van der Waals surface area contributed by atoms with Crippen LogP contribution < -0.4 is 0 Å². The second kappa shape index (κ2) is 7.34. The third-order valence-electron chi connectivity index (χ3n) is 4.92. The molecular formula is C20H22N4O3. The minimum atomic E-state index is 0.00821. The molecule has 0 aromatic carbocycles. The molecule has 1 fully saturated rings. The van der Waals surface area contributed by atoms with Crippen LogP contribution in [0.15, 0.2) is 45.6 Å². The number of hydrogen-bond acceptors (Lipinski definition) is 6. The third-order valence-corrected chi connectivity index (χ3v) is 4.92. The zero-order valence-corrected chi connectivity index (χ0v) is 15.5. The fourth-order valence-electron chi connectivity index (χ4n) is 3.09. The van der Waals surface area contributed by atoms with Crippen molar-refractivity contribution in [1.29, 1.82) is 0 Å². The first-order valence-electron chi connectivity index (χ1n) is 9.15. The average Bonchev–Trinajstić information content (AvgIpc) is 3.08. The van der Waals surface area contributed by atoms with Crippen LogP contribution in [0.25, 0.3) is 11.4 Å². The number of hydrogen-bond donors (Lipinski definition) is 0. The monoisotopic (exact) mass is 366 g/mol. The molecule has 0 spiro atoms. The van der Waals surface area contributed by atoms with E-state index in [4.69, 9.17) is 8.94 Å². The lowest BCUT2D eigenvalue weighted by Gasteiger charge is -2.15. The Balaban J connectivity index is 1.29. The highest BCUT2D eigenvalue weighted by atomic mass is 16.5. The van der Waals surface area contributed by atoms with E-state index < -0.39 is 0 Å². The zero-order chi connectivity index (χ0) is 18.8. The van der Waals surface area contributed by atoms with Gasteiger partial charge in [-0.05, 0) is 36.6 Å². The summed E-state index contributed by atoms with van der Waals surface area (Å²) in [5.74, 6) is 4.04. The van der Waals surface area contributed by atoms with E-state index >= 15 is 0 Å². The van der Waals surface area contributed by atoms with E-state index in [0.717, 1.165) is 17.1 Å². The Kier molecular flexibility index (Phi) is 4.75. The van der Waals surface area contributed by atoms with Crippen LogP contribution in [0.5, 0.6) is 0 Å². The van der Waals surface area contributed by atoms with Crippen LogP contribution in [0.4, 0.5) is 0 Å². The Morgan fingerprint density at radius 2 is 2.19 bits per heavy atom. The van der Waals surface area contributed by atoms with Gasteiger partial charge < -0.3 is 13.8 Å². The van der Waals surface area contributed by atoms with E-state index in [-0.39, 0.29) is 5.91 Å². The van der Waals surface area contributed by atoms with Crippen molar-refractivity contribution in [2.75, 3.05) is 7.05 Å². The predicted octanol–water partition coefficient (Wildman–Crippen LogP) is 3.44. The first-order valence-corrected chi connectivity index (χ1v) is 9.15. The maximum atomic E-state index is 12.4. The largest absolute Gasteiger partial charge is 0.464 e. The summed E-state index contributed by atoms with van der Waals surface area (Å²) >= 11 is 0. The van der Waals surface area contributed by atoms with E-state index in [2.05, 4.69) is 22.0 Å². The van der Waals surface area contributed by atoms with Gasteiger partial charge in [0.2, 0.25) is 17.6 Å². The summed E-state index contributed by atoms with van der Waals surface area (Å²) in [6.07, 6.45) is 5.25. The molecule has 1 saturated carbocycles. The molecule has 0 bridgehead atoms. The topological polar surface area (TPSA) is 85.3 Å². The van der Waals surface area contributed by atoms with Crippen molar-refractivity contribution < 1.29 is 13.7 Å². The summed E-state index contributed by atoms with van der Waals surface area (Å²) in [5.41, 5.74) is 0.787. The van der Waals surface area contributed by atoms with Crippen LogP contribution in [-0.2, 0) is 17.8 Å². The number of furan rings is 1. The highest BCUT2D eigenvalue weighted by molar-refractivity contribution is 5.76. The van der Waals surface area contributed by atoms with Crippen LogP contribution in [0.3, 0.4) is 0 Å². The van der Waals surface area contributed by atoms with Crippen molar-refractivity contribution in [3.05, 3.63) is 54.1 Å². The highest BCUT2D eigenvalue weighted by Crippen LogP contribution is 2.47. The molecule has 0 aliphatic heterocycles. The van der Waals surface area contributed by atoms with E-state index in [9.17, 15) is 4.79 Å². The van der Waals surface area contributed by atoms with Crippen LogP contribution in [0.2, 0.25) is 0 Å². The smallest absolute Gasteiger partial charge is 0.227 e. The number of aryl methyl sites for hydroxylation is 1. The number of nitrogens with zero attached hydrogens (tertiary/aromatic N) is 4. The lowest BCUT2D eigenvalue weighted by molar-refractivity contribution is -0.130. The molecule has 7 heteroatoms. The van der Waals surface area contributed by atoms with E-state index in [0.29, 0.717) is 42.9 Å². The first-order chi connectivity index (χ1) is 13.1. The van der Waals surface area contributed by atoms with Crippen LogP contribution in [0.1, 0.15) is 43.1 Å². The van der Waals surface area contributed by atoms with Gasteiger partial charge in [-0.2, -0.15) is 4.98 Å². The quantitative estimate of drug-likeness (QED) is 0.637. The van der Waals surface area contributed by atoms with Gasteiger partial charge in [-0.1, -0.05) is 12.1 Å². The molecule has 0 saturated heterocycles. The fraction of sp³-hybridized carbons (Fsp3) is 0.400. The normalized spacial score (nSPS) is 18.4. The second-order valence-corrected chi connectivity index (χ2v) is 7.13. The van der Waals surface area contributed by atoms with E-state index in [1.165, 1.54) is 6.42 Å². The van der Waals surface area contributed by atoms with Gasteiger partial charge in [-0.15, -0.1) is 0 Å². The summed E-state index contributed by atoms with van der Waals surface area (Å²) in [5, 5.41) is 3.94. The molecule has 0 N–H and O–H groups in total. The number of carbonyl (C=O) groups excluding carboxylic acids is 1. The summed E-state index contributed by atoms with van der Waals surface area (Å²) in [6.45, 7) is 2.68. The molecular weight excluding hydrogens is 344 g/mol. The molecule has 3 aromatic heterocycles. The standard InChI is InChI=1S/C20H22N4O3/c1-13-10-16(13)17-6-5-15(26-17)12-24(2)19(25)8-7-18-22-20(23-27-18)14-4-3-9-21-11-14/h3-6,9,11,13,16H,7-8,10,12H2,1-2H3/t13-,16+/m1/s1. The van der Waals surface area contributed by atoms with Gasteiger partial charge in [0.15, 0.2) is 0 Å². The SMILES string of the molecule is C[C@@H]1C[C@@H]1c1ccc(CN(C)C(=O)CCc2nc(-c3cccnc3)no2)o1. The van der Waals surface area contributed by atoms with Crippen molar-refractivity contribution in [2.24, 2.45) is 5.92 Å². The lowest BCUT2D eigenvalue weighted by atomic mass is 10.2. The molecule has 27 heavy (non-hydrogen) atoms. The number of carbonyl (C=O) groups is 1. The van der Waals surface area contributed by atoms with Gasteiger partial charge in [0.1, 0.15) is 11.5 Å². The third kappa shape index (κ3) is 4.07. The Morgan fingerprint density at radius 1 is 1.33 bits per heavy atom. The van der Waals surface area contributed by atoms with Gasteiger partial charge in [0.25, 0.3) is 0 Å². The maximum absolute atomic E-state index is 12.4. The molecule has 1 aliphatic carbocycles. The summed E-state index contributed by atoms with van der Waals surface area (Å²) in [7, 11) is 1.78. The van der Waals surface area contributed by atoms with Crippen molar-refractivity contribution in [2.45, 2.75) is 38.6 Å². The maximum Gasteiger partial charge on any atom is 0.227 e. The fourth-order valence-corrected chi connectivity index (χ4v) is 3.09. The molecule has 1 amide bonds. The molecule has 2 atom stereocenters. The minimum Gasteiger partial charge on any atom is -0.464 e. The van der Waals surface area contributed by atoms with Crippen LogP contribution >= 0.6 is 0 Å². The second-order valence-electron chi connectivity index (χ2n) is 7.13. The van der Waals surface area contributed by atoms with Gasteiger partial charge in [0, 0.05) is 43.8 Å².